The van der Waals surface area contributed by atoms with Crippen LogP contribution in [0.1, 0.15) is 63.6 Å². The van der Waals surface area contributed by atoms with Gasteiger partial charge in [0.15, 0.2) is 0 Å². The van der Waals surface area contributed by atoms with Crippen LogP contribution in [0.3, 0.4) is 0 Å². The summed E-state index contributed by atoms with van der Waals surface area (Å²) in [5.41, 5.74) is 2.74. The Morgan fingerprint density at radius 1 is 1.00 bits per heavy atom. The second kappa shape index (κ2) is 7.52. The van der Waals surface area contributed by atoms with Gasteiger partial charge in [-0.05, 0) is 50.2 Å². The van der Waals surface area contributed by atoms with E-state index in [1.54, 1.807) is 0 Å². The summed E-state index contributed by atoms with van der Waals surface area (Å²) in [6.45, 7) is 6.91. The van der Waals surface area contributed by atoms with Gasteiger partial charge in [0, 0.05) is 18.8 Å². The average molecular weight is 260 g/mol. The van der Waals surface area contributed by atoms with Crippen LogP contribution in [0, 0.1) is 0 Å². The molecule has 0 aromatic carbocycles. The van der Waals surface area contributed by atoms with Crippen molar-refractivity contribution in [1.82, 2.24) is 4.98 Å². The lowest BCUT2D eigenvalue weighted by Gasteiger charge is -2.21. The second-order valence-corrected chi connectivity index (χ2v) is 5.69. The Bertz CT molecular complexity index is 381. The minimum atomic E-state index is 1.13. The van der Waals surface area contributed by atoms with Gasteiger partial charge in [-0.1, -0.05) is 32.8 Å². The van der Waals surface area contributed by atoms with E-state index in [4.69, 9.17) is 4.98 Å². The minimum Gasteiger partial charge on any atom is -0.356 e. The van der Waals surface area contributed by atoms with Gasteiger partial charge in [0.2, 0.25) is 0 Å². The van der Waals surface area contributed by atoms with Gasteiger partial charge >= 0.3 is 0 Å². The molecule has 1 aromatic heterocycles. The van der Waals surface area contributed by atoms with E-state index in [-0.39, 0.29) is 0 Å². The van der Waals surface area contributed by atoms with E-state index in [0.717, 1.165) is 6.42 Å². The lowest BCUT2D eigenvalue weighted by Crippen LogP contribution is -2.21. The molecule has 0 spiro atoms. The van der Waals surface area contributed by atoms with Gasteiger partial charge in [-0.25, -0.2) is 4.98 Å². The first kappa shape index (κ1) is 14.4. The number of anilines is 1. The van der Waals surface area contributed by atoms with Gasteiger partial charge in [0.1, 0.15) is 5.82 Å². The van der Waals surface area contributed by atoms with E-state index in [0.29, 0.717) is 0 Å². The summed E-state index contributed by atoms with van der Waals surface area (Å²) in [7, 11) is 0. The Kier molecular flexibility index (Phi) is 5.68. The summed E-state index contributed by atoms with van der Waals surface area (Å²) >= 11 is 0. The van der Waals surface area contributed by atoms with E-state index < -0.39 is 0 Å². The standard InChI is InChI=1S/C17H28N2/c1-3-5-9-15-11-12-16(10-6-4-2)18-17(15)19-13-7-8-14-19/h11-12H,3-10,13-14H2,1-2H3. The van der Waals surface area contributed by atoms with Crippen molar-refractivity contribution >= 4 is 5.82 Å². The number of aryl methyl sites for hydroxylation is 2. The number of unbranched alkanes of at least 4 members (excludes halogenated alkanes) is 2. The Balaban J connectivity index is 2.16. The first-order valence-electron chi connectivity index (χ1n) is 8.09. The molecule has 0 amide bonds. The highest BCUT2D eigenvalue weighted by atomic mass is 15.2. The van der Waals surface area contributed by atoms with Crippen LogP contribution in [0.25, 0.3) is 0 Å². The number of rotatable bonds is 7. The molecule has 1 aromatic rings. The van der Waals surface area contributed by atoms with Gasteiger partial charge in [0.05, 0.1) is 0 Å². The summed E-state index contributed by atoms with van der Waals surface area (Å²) < 4.78 is 0. The zero-order valence-electron chi connectivity index (χ0n) is 12.6. The quantitative estimate of drug-likeness (QED) is 0.724. The molecular weight excluding hydrogens is 232 g/mol. The molecule has 106 valence electrons. The van der Waals surface area contributed by atoms with Crippen LogP contribution >= 0.6 is 0 Å². The Labute approximate surface area is 118 Å². The van der Waals surface area contributed by atoms with Crippen molar-refractivity contribution in [3.8, 4) is 0 Å². The molecule has 2 nitrogen and oxygen atoms in total. The number of hydrogen-bond acceptors (Lipinski definition) is 2. The van der Waals surface area contributed by atoms with Crippen molar-refractivity contribution < 1.29 is 0 Å². The molecule has 1 saturated heterocycles. The largest absolute Gasteiger partial charge is 0.356 e. The van der Waals surface area contributed by atoms with Gasteiger partial charge in [-0.2, -0.15) is 0 Å². The van der Waals surface area contributed by atoms with Crippen LogP contribution in [0.15, 0.2) is 12.1 Å². The van der Waals surface area contributed by atoms with Crippen LogP contribution in [-0.2, 0) is 12.8 Å². The number of pyridine rings is 1. The lowest BCUT2D eigenvalue weighted by atomic mass is 10.1. The minimum absolute atomic E-state index is 1.13. The van der Waals surface area contributed by atoms with Crippen molar-refractivity contribution in [3.63, 3.8) is 0 Å². The topological polar surface area (TPSA) is 16.1 Å². The van der Waals surface area contributed by atoms with Crippen molar-refractivity contribution in [2.75, 3.05) is 18.0 Å². The van der Waals surface area contributed by atoms with Crippen LogP contribution in [0.2, 0.25) is 0 Å². The zero-order valence-corrected chi connectivity index (χ0v) is 12.6. The van der Waals surface area contributed by atoms with Crippen molar-refractivity contribution in [1.29, 1.82) is 0 Å². The predicted octanol–water partition coefficient (Wildman–Crippen LogP) is 4.37. The first-order valence-corrected chi connectivity index (χ1v) is 8.09. The smallest absolute Gasteiger partial charge is 0.132 e. The maximum Gasteiger partial charge on any atom is 0.132 e. The Morgan fingerprint density at radius 3 is 2.37 bits per heavy atom. The average Bonchev–Trinajstić information content (AvgIpc) is 2.97. The van der Waals surface area contributed by atoms with Crippen molar-refractivity contribution in [3.05, 3.63) is 23.4 Å². The number of hydrogen-bond donors (Lipinski definition) is 0. The molecule has 0 N–H and O–H groups in total. The fourth-order valence-electron chi connectivity index (χ4n) is 2.78. The number of nitrogens with zero attached hydrogens (tertiary/aromatic N) is 2. The fourth-order valence-corrected chi connectivity index (χ4v) is 2.78. The van der Waals surface area contributed by atoms with Gasteiger partial charge in [-0.3, -0.25) is 0 Å². The molecule has 0 radical (unpaired) electrons. The molecule has 0 bridgehead atoms. The van der Waals surface area contributed by atoms with E-state index in [1.165, 1.54) is 75.1 Å². The number of aromatic nitrogens is 1. The normalized spacial score (nSPS) is 15.2. The van der Waals surface area contributed by atoms with Crippen LogP contribution in [0.4, 0.5) is 5.82 Å². The fraction of sp³-hybridized carbons (Fsp3) is 0.706. The molecule has 2 rings (SSSR count). The highest BCUT2D eigenvalue weighted by molar-refractivity contribution is 5.48. The third-order valence-corrected chi connectivity index (χ3v) is 4.01. The summed E-state index contributed by atoms with van der Waals surface area (Å²) in [6, 6.07) is 4.58. The van der Waals surface area contributed by atoms with Crippen LogP contribution in [0.5, 0.6) is 0 Å². The van der Waals surface area contributed by atoms with Crippen LogP contribution in [-0.4, -0.2) is 18.1 Å². The van der Waals surface area contributed by atoms with Crippen molar-refractivity contribution in [2.45, 2.75) is 65.2 Å². The third kappa shape index (κ3) is 3.95. The van der Waals surface area contributed by atoms with E-state index in [1.807, 2.05) is 0 Å². The maximum absolute atomic E-state index is 4.97. The molecule has 1 aliphatic heterocycles. The lowest BCUT2D eigenvalue weighted by molar-refractivity contribution is 0.758. The Hall–Kier alpha value is -1.05. The third-order valence-electron chi connectivity index (χ3n) is 4.01. The molecule has 1 fully saturated rings. The monoisotopic (exact) mass is 260 g/mol. The molecule has 0 aliphatic carbocycles. The zero-order chi connectivity index (χ0) is 13.5. The highest BCUT2D eigenvalue weighted by Crippen LogP contribution is 2.25. The molecule has 2 heteroatoms. The second-order valence-electron chi connectivity index (χ2n) is 5.69. The summed E-state index contributed by atoms with van der Waals surface area (Å²) in [5, 5.41) is 0. The molecular formula is C17H28N2. The maximum atomic E-state index is 4.97. The van der Waals surface area contributed by atoms with E-state index in [2.05, 4.69) is 30.9 Å². The summed E-state index contributed by atoms with van der Waals surface area (Å²) in [5.74, 6) is 1.29. The molecule has 1 aliphatic rings. The van der Waals surface area contributed by atoms with Gasteiger partial charge in [-0.15, -0.1) is 0 Å². The molecule has 19 heavy (non-hydrogen) atoms. The van der Waals surface area contributed by atoms with Gasteiger partial charge < -0.3 is 4.90 Å². The Morgan fingerprint density at radius 2 is 1.68 bits per heavy atom. The first-order chi connectivity index (χ1) is 9.35. The predicted molar refractivity (Wildman–Crippen MR) is 82.9 cm³/mol. The van der Waals surface area contributed by atoms with E-state index in [9.17, 15) is 0 Å². The molecule has 0 unspecified atom stereocenters. The van der Waals surface area contributed by atoms with Crippen molar-refractivity contribution in [2.24, 2.45) is 0 Å². The summed E-state index contributed by atoms with van der Waals surface area (Å²) in [4.78, 5) is 7.47. The highest BCUT2D eigenvalue weighted by Gasteiger charge is 2.17. The summed E-state index contributed by atoms with van der Waals surface area (Å²) in [6.07, 6.45) is 10.0. The van der Waals surface area contributed by atoms with Gasteiger partial charge in [0.25, 0.3) is 0 Å². The molecule has 0 saturated carbocycles. The SMILES string of the molecule is CCCCc1ccc(CCCC)c(N2CCCC2)n1. The van der Waals surface area contributed by atoms with E-state index >= 15 is 0 Å². The molecule has 2 heterocycles. The molecule has 0 atom stereocenters. The van der Waals surface area contributed by atoms with Crippen LogP contribution < -0.4 is 4.90 Å².